The first-order valence-electron chi connectivity index (χ1n) is 8.11. The minimum atomic E-state index is -0.472. The van der Waals surface area contributed by atoms with Gasteiger partial charge in [-0.25, -0.2) is 4.39 Å². The Hall–Kier alpha value is -2.85. The van der Waals surface area contributed by atoms with Crippen LogP contribution in [0.15, 0.2) is 72.8 Å². The van der Waals surface area contributed by atoms with E-state index < -0.39 is 5.82 Å². The van der Waals surface area contributed by atoms with Crippen LogP contribution in [0.5, 0.6) is 5.75 Å². The van der Waals surface area contributed by atoms with Gasteiger partial charge in [0.05, 0.1) is 10.6 Å². The molecule has 132 valence electrons. The fourth-order valence-electron chi connectivity index (χ4n) is 2.39. The van der Waals surface area contributed by atoms with Gasteiger partial charge in [-0.2, -0.15) is 0 Å². The van der Waals surface area contributed by atoms with Gasteiger partial charge < -0.3 is 10.1 Å². The maximum absolute atomic E-state index is 13.0. The van der Waals surface area contributed by atoms with Gasteiger partial charge in [0.15, 0.2) is 0 Å². The summed E-state index contributed by atoms with van der Waals surface area (Å²) in [6.07, 6.45) is 0. The lowest BCUT2D eigenvalue weighted by Crippen LogP contribution is -2.23. The monoisotopic (exact) mass is 369 g/mol. The molecule has 0 spiro atoms. The van der Waals surface area contributed by atoms with Gasteiger partial charge in [0.25, 0.3) is 5.91 Å². The van der Waals surface area contributed by atoms with E-state index >= 15 is 0 Å². The lowest BCUT2D eigenvalue weighted by atomic mass is 10.1. The Balaban J connectivity index is 1.53. The Kier molecular flexibility index (Phi) is 5.87. The van der Waals surface area contributed by atoms with Crippen molar-refractivity contribution in [2.24, 2.45) is 0 Å². The molecule has 0 saturated carbocycles. The molecule has 0 aliphatic heterocycles. The molecule has 0 aliphatic carbocycles. The summed E-state index contributed by atoms with van der Waals surface area (Å²) in [4.78, 5) is 12.1. The number of hydrogen-bond acceptors (Lipinski definition) is 2. The van der Waals surface area contributed by atoms with Crippen molar-refractivity contribution in [3.8, 4) is 5.75 Å². The van der Waals surface area contributed by atoms with Crippen LogP contribution in [0.3, 0.4) is 0 Å². The zero-order chi connectivity index (χ0) is 18.4. The number of carbonyl (C=O) groups is 1. The van der Waals surface area contributed by atoms with Crippen molar-refractivity contribution in [2.45, 2.75) is 13.2 Å². The minimum Gasteiger partial charge on any atom is -0.489 e. The molecule has 0 radical (unpaired) electrons. The van der Waals surface area contributed by atoms with Crippen molar-refractivity contribution in [1.82, 2.24) is 5.32 Å². The number of amides is 1. The quantitative estimate of drug-likeness (QED) is 0.664. The molecule has 5 heteroatoms. The van der Waals surface area contributed by atoms with E-state index in [2.05, 4.69) is 5.32 Å². The average molecular weight is 370 g/mol. The maximum atomic E-state index is 13.0. The van der Waals surface area contributed by atoms with Gasteiger partial charge in [-0.1, -0.05) is 54.1 Å². The number of nitrogens with one attached hydrogen (secondary N) is 1. The van der Waals surface area contributed by atoms with E-state index in [1.807, 2.05) is 54.6 Å². The van der Waals surface area contributed by atoms with Crippen LogP contribution in [0.4, 0.5) is 4.39 Å². The summed E-state index contributed by atoms with van der Waals surface area (Å²) >= 11 is 5.90. The smallest absolute Gasteiger partial charge is 0.253 e. The third-order valence-corrected chi connectivity index (χ3v) is 4.11. The van der Waals surface area contributed by atoms with Gasteiger partial charge in [-0.05, 0) is 41.5 Å². The van der Waals surface area contributed by atoms with Crippen molar-refractivity contribution in [3.05, 3.63) is 100 Å². The normalized spacial score (nSPS) is 10.4. The highest BCUT2D eigenvalue weighted by Gasteiger charge is 2.10. The molecule has 0 fully saturated rings. The molecule has 1 N–H and O–H groups in total. The van der Waals surface area contributed by atoms with Crippen LogP contribution in [0.25, 0.3) is 0 Å². The summed E-state index contributed by atoms with van der Waals surface area (Å²) in [6.45, 7) is 0.828. The molecule has 0 aromatic heterocycles. The molecular weight excluding hydrogens is 353 g/mol. The van der Waals surface area contributed by atoms with Crippen LogP contribution in [-0.2, 0) is 13.2 Å². The second-order valence-electron chi connectivity index (χ2n) is 5.73. The highest BCUT2D eigenvalue weighted by Crippen LogP contribution is 2.17. The summed E-state index contributed by atoms with van der Waals surface area (Å²) in [5.41, 5.74) is 2.23. The Morgan fingerprint density at radius 1 is 0.962 bits per heavy atom. The van der Waals surface area contributed by atoms with Crippen LogP contribution >= 0.6 is 11.6 Å². The first kappa shape index (κ1) is 18.0. The molecule has 0 saturated heterocycles. The lowest BCUT2D eigenvalue weighted by molar-refractivity contribution is 0.0951. The van der Waals surface area contributed by atoms with Crippen LogP contribution in [0, 0.1) is 5.82 Å². The second-order valence-corrected chi connectivity index (χ2v) is 6.13. The molecule has 0 aliphatic rings. The number of benzene rings is 3. The van der Waals surface area contributed by atoms with Gasteiger partial charge in [0.1, 0.15) is 18.2 Å². The number of para-hydroxylation sites is 1. The first-order valence-corrected chi connectivity index (χ1v) is 8.48. The standard InChI is InChI=1S/C21H17ClFNO2/c22-20-12-17(23)10-11-19(20)21(25)24-13-15-6-8-16(9-7-15)14-26-18-4-2-1-3-5-18/h1-12H,13-14H2,(H,24,25). The zero-order valence-electron chi connectivity index (χ0n) is 13.9. The number of halogens is 2. The molecule has 3 aromatic carbocycles. The van der Waals surface area contributed by atoms with Crippen molar-refractivity contribution in [1.29, 1.82) is 0 Å². The van der Waals surface area contributed by atoms with E-state index in [4.69, 9.17) is 16.3 Å². The van der Waals surface area contributed by atoms with E-state index in [0.29, 0.717) is 13.2 Å². The van der Waals surface area contributed by atoms with E-state index in [1.54, 1.807) is 0 Å². The van der Waals surface area contributed by atoms with Gasteiger partial charge >= 0.3 is 0 Å². The molecular formula is C21H17ClFNO2. The Morgan fingerprint density at radius 2 is 1.65 bits per heavy atom. The fourth-order valence-corrected chi connectivity index (χ4v) is 2.64. The predicted molar refractivity (Wildman–Crippen MR) is 99.8 cm³/mol. The van der Waals surface area contributed by atoms with Gasteiger partial charge in [0.2, 0.25) is 0 Å². The van der Waals surface area contributed by atoms with Crippen LogP contribution in [0.1, 0.15) is 21.5 Å². The third kappa shape index (κ3) is 4.83. The summed E-state index contributed by atoms with van der Waals surface area (Å²) in [6, 6.07) is 21.1. The van der Waals surface area contributed by atoms with E-state index in [9.17, 15) is 9.18 Å². The van der Waals surface area contributed by atoms with Crippen LogP contribution in [0.2, 0.25) is 5.02 Å². The van der Waals surface area contributed by atoms with Crippen molar-refractivity contribution >= 4 is 17.5 Å². The predicted octanol–water partition coefficient (Wildman–Crippen LogP) is 4.99. The largest absolute Gasteiger partial charge is 0.489 e. The number of rotatable bonds is 6. The molecule has 0 heterocycles. The Labute approximate surface area is 156 Å². The summed E-state index contributed by atoms with van der Waals surface area (Å²) < 4.78 is 18.7. The minimum absolute atomic E-state index is 0.0934. The van der Waals surface area contributed by atoms with Gasteiger partial charge in [-0.3, -0.25) is 4.79 Å². The topological polar surface area (TPSA) is 38.3 Å². The molecule has 1 amide bonds. The molecule has 0 bridgehead atoms. The molecule has 26 heavy (non-hydrogen) atoms. The summed E-state index contributed by atoms with van der Waals surface area (Å²) in [7, 11) is 0. The fraction of sp³-hybridized carbons (Fsp3) is 0.0952. The van der Waals surface area contributed by atoms with Gasteiger partial charge in [0, 0.05) is 6.54 Å². The van der Waals surface area contributed by atoms with Gasteiger partial charge in [-0.15, -0.1) is 0 Å². The number of carbonyl (C=O) groups excluding carboxylic acids is 1. The average Bonchev–Trinajstić information content (AvgIpc) is 2.66. The zero-order valence-corrected chi connectivity index (χ0v) is 14.7. The molecule has 3 rings (SSSR count). The number of ether oxygens (including phenoxy) is 1. The Bertz CT molecular complexity index is 882. The highest BCUT2D eigenvalue weighted by atomic mass is 35.5. The lowest BCUT2D eigenvalue weighted by Gasteiger charge is -2.09. The second kappa shape index (κ2) is 8.50. The number of hydrogen-bond donors (Lipinski definition) is 1. The maximum Gasteiger partial charge on any atom is 0.253 e. The van der Waals surface area contributed by atoms with Crippen molar-refractivity contribution < 1.29 is 13.9 Å². The SMILES string of the molecule is O=C(NCc1ccc(COc2ccccc2)cc1)c1ccc(F)cc1Cl. The highest BCUT2D eigenvalue weighted by molar-refractivity contribution is 6.33. The van der Waals surface area contributed by atoms with Crippen LogP contribution in [-0.4, -0.2) is 5.91 Å². The third-order valence-electron chi connectivity index (χ3n) is 3.80. The van der Waals surface area contributed by atoms with E-state index in [0.717, 1.165) is 22.9 Å². The summed E-state index contributed by atoms with van der Waals surface area (Å²) in [5.74, 6) is 0.00589. The van der Waals surface area contributed by atoms with Crippen molar-refractivity contribution in [3.63, 3.8) is 0 Å². The van der Waals surface area contributed by atoms with Crippen molar-refractivity contribution in [2.75, 3.05) is 0 Å². The molecule has 0 atom stereocenters. The molecule has 3 aromatic rings. The van der Waals surface area contributed by atoms with E-state index in [1.165, 1.54) is 12.1 Å². The summed E-state index contributed by atoms with van der Waals surface area (Å²) in [5, 5.41) is 2.87. The Morgan fingerprint density at radius 3 is 2.35 bits per heavy atom. The van der Waals surface area contributed by atoms with E-state index in [-0.39, 0.29) is 16.5 Å². The first-order chi connectivity index (χ1) is 12.6. The molecule has 0 unspecified atom stereocenters. The van der Waals surface area contributed by atoms with Crippen LogP contribution < -0.4 is 10.1 Å². The molecule has 3 nitrogen and oxygen atoms in total.